The van der Waals surface area contributed by atoms with Gasteiger partial charge < -0.3 is 0 Å². The molecule has 0 unspecified atom stereocenters. The molecule has 110 valence electrons. The van der Waals surface area contributed by atoms with E-state index in [0.717, 1.165) is 0 Å². The molecule has 0 heterocycles. The Balaban J connectivity index is 2.24. The summed E-state index contributed by atoms with van der Waals surface area (Å²) in [6, 6.07) is 16.7. The zero-order valence-corrected chi connectivity index (χ0v) is 12.0. The second-order valence-electron chi connectivity index (χ2n) is 4.09. The van der Waals surface area contributed by atoms with Gasteiger partial charge in [0.1, 0.15) is 11.0 Å². The molecule has 0 N–H and O–H groups in total. The van der Waals surface area contributed by atoms with Crippen LogP contribution in [-0.4, -0.2) is 19.9 Å². The molecule has 0 aliphatic heterocycles. The first-order chi connectivity index (χ1) is 10.5. The van der Waals surface area contributed by atoms with E-state index in [0.29, 0.717) is 0 Å². The van der Waals surface area contributed by atoms with Crippen LogP contribution in [0.25, 0.3) is 0 Å². The predicted molar refractivity (Wildman–Crippen MR) is 78.5 cm³/mol. The maximum absolute atomic E-state index is 12.0. The van der Waals surface area contributed by atoms with Crippen molar-refractivity contribution in [1.29, 1.82) is 5.26 Å². The third kappa shape index (κ3) is 3.56. The molecule has 22 heavy (non-hydrogen) atoms. The molecule has 2 rings (SSSR count). The smallest absolute Gasteiger partial charge is 0.286 e. The van der Waals surface area contributed by atoms with E-state index in [2.05, 4.69) is 9.44 Å². The van der Waals surface area contributed by atoms with Gasteiger partial charge in [0.25, 0.3) is 0 Å². The van der Waals surface area contributed by atoms with E-state index in [4.69, 9.17) is 5.26 Å². The molecule has 2 aromatic carbocycles. The lowest BCUT2D eigenvalue weighted by Gasteiger charge is -2.01. The lowest BCUT2D eigenvalue weighted by Crippen LogP contribution is -2.14. The van der Waals surface area contributed by atoms with E-state index in [1.165, 1.54) is 42.5 Å². The molecule has 7 heteroatoms. The lowest BCUT2D eigenvalue weighted by molar-refractivity contribution is 0.106. The Morgan fingerprint density at radius 1 is 1.00 bits per heavy atom. The van der Waals surface area contributed by atoms with E-state index in [9.17, 15) is 13.2 Å². The molecule has 0 amide bonds. The number of oxime groups is 1. The Morgan fingerprint density at radius 2 is 1.55 bits per heavy atom. The molecule has 2 aromatic rings. The van der Waals surface area contributed by atoms with Crippen LogP contribution in [0.4, 0.5) is 0 Å². The molecule has 0 aliphatic rings. The van der Waals surface area contributed by atoms with Crippen molar-refractivity contribution in [2.75, 3.05) is 0 Å². The van der Waals surface area contributed by atoms with Crippen molar-refractivity contribution in [2.45, 2.75) is 4.90 Å². The van der Waals surface area contributed by atoms with E-state index in [1.807, 2.05) is 0 Å². The quantitative estimate of drug-likeness (QED) is 0.478. The summed E-state index contributed by atoms with van der Waals surface area (Å²) in [6.07, 6.45) is 0. The molecule has 0 bridgehead atoms. The first-order valence-electron chi connectivity index (χ1n) is 6.11. The van der Waals surface area contributed by atoms with Crippen LogP contribution in [0.2, 0.25) is 0 Å². The second-order valence-corrected chi connectivity index (χ2v) is 5.62. The highest BCUT2D eigenvalue weighted by Gasteiger charge is 2.19. The first-order valence-corrected chi connectivity index (χ1v) is 7.52. The van der Waals surface area contributed by atoms with Crippen LogP contribution in [0, 0.1) is 11.3 Å². The van der Waals surface area contributed by atoms with E-state index < -0.39 is 21.6 Å². The minimum absolute atomic E-state index is 0.122. The summed E-state index contributed by atoms with van der Waals surface area (Å²) < 4.78 is 28.2. The van der Waals surface area contributed by atoms with Crippen LogP contribution < -0.4 is 0 Å². The summed E-state index contributed by atoms with van der Waals surface area (Å²) >= 11 is 0. The van der Waals surface area contributed by atoms with E-state index >= 15 is 0 Å². The van der Waals surface area contributed by atoms with E-state index in [-0.39, 0.29) is 10.5 Å². The number of Topliss-reactive ketones (excluding diaryl/α,β-unsaturated/α-hetero) is 1. The normalized spacial score (nSPS) is 11.5. The molecule has 0 saturated heterocycles. The van der Waals surface area contributed by atoms with Crippen LogP contribution in [0.3, 0.4) is 0 Å². The number of carbonyl (C=O) groups is 1. The highest BCUT2D eigenvalue weighted by molar-refractivity contribution is 7.86. The maximum atomic E-state index is 12.0. The van der Waals surface area contributed by atoms with Crippen LogP contribution in [-0.2, 0) is 14.4 Å². The molecule has 0 spiro atoms. The largest absolute Gasteiger partial charge is 0.358 e. The Labute approximate surface area is 127 Å². The fourth-order valence-corrected chi connectivity index (χ4v) is 2.30. The Hall–Kier alpha value is -2.98. The fourth-order valence-electron chi connectivity index (χ4n) is 1.56. The number of benzene rings is 2. The van der Waals surface area contributed by atoms with Gasteiger partial charge in [0.15, 0.2) is 0 Å². The highest BCUT2D eigenvalue weighted by Crippen LogP contribution is 2.12. The average Bonchev–Trinajstić information content (AvgIpc) is 2.57. The lowest BCUT2D eigenvalue weighted by atomic mass is 10.1. The number of nitriles is 1. The van der Waals surface area contributed by atoms with Gasteiger partial charge in [0, 0.05) is 5.56 Å². The number of hydrogen-bond acceptors (Lipinski definition) is 6. The van der Waals surface area contributed by atoms with Crippen LogP contribution in [0.15, 0.2) is 70.7 Å². The van der Waals surface area contributed by atoms with Crippen LogP contribution in [0.1, 0.15) is 10.4 Å². The maximum Gasteiger partial charge on any atom is 0.358 e. The average molecular weight is 314 g/mol. The van der Waals surface area contributed by atoms with Crippen molar-refractivity contribution in [3.63, 3.8) is 0 Å². The van der Waals surface area contributed by atoms with Gasteiger partial charge in [-0.1, -0.05) is 48.5 Å². The van der Waals surface area contributed by atoms with Gasteiger partial charge in [-0.3, -0.25) is 9.08 Å². The summed E-state index contributed by atoms with van der Waals surface area (Å²) in [6.45, 7) is 0. The number of ketones is 1. The molecular formula is C15H10N2O4S. The molecule has 6 nitrogen and oxygen atoms in total. The minimum atomic E-state index is -4.17. The zero-order valence-electron chi connectivity index (χ0n) is 11.2. The van der Waals surface area contributed by atoms with Crippen LogP contribution in [0.5, 0.6) is 0 Å². The summed E-state index contributed by atoms with van der Waals surface area (Å²) in [5.74, 6) is -0.716. The zero-order chi connectivity index (χ0) is 16.0. The molecular weight excluding hydrogens is 304 g/mol. The standard InChI is InChI=1S/C15H10N2O4S/c16-11-14(15(18)12-7-3-1-4-8-12)17-21-22(19,20)13-9-5-2-6-10-13/h1-10H. The Morgan fingerprint density at radius 3 is 2.09 bits per heavy atom. The van der Waals surface area contributed by atoms with Crippen molar-refractivity contribution in [3.05, 3.63) is 66.2 Å². The van der Waals surface area contributed by atoms with Crippen molar-refractivity contribution in [2.24, 2.45) is 5.16 Å². The monoisotopic (exact) mass is 314 g/mol. The third-order valence-corrected chi connectivity index (χ3v) is 3.74. The Bertz CT molecular complexity index is 838. The molecule has 0 saturated carbocycles. The molecule has 0 radical (unpaired) electrons. The number of carbonyl (C=O) groups excluding carboxylic acids is 1. The van der Waals surface area contributed by atoms with Crippen molar-refractivity contribution >= 4 is 21.6 Å². The van der Waals surface area contributed by atoms with Gasteiger partial charge in [0.2, 0.25) is 11.5 Å². The minimum Gasteiger partial charge on any atom is -0.286 e. The first kappa shape index (κ1) is 15.4. The van der Waals surface area contributed by atoms with Crippen LogP contribution >= 0.6 is 0 Å². The van der Waals surface area contributed by atoms with Gasteiger partial charge >= 0.3 is 10.1 Å². The fraction of sp³-hybridized carbons (Fsp3) is 0. The van der Waals surface area contributed by atoms with Gasteiger partial charge in [-0.2, -0.15) is 13.7 Å². The summed E-state index contributed by atoms with van der Waals surface area (Å²) in [5, 5.41) is 12.1. The summed E-state index contributed by atoms with van der Waals surface area (Å²) in [7, 11) is -4.17. The molecule has 0 aliphatic carbocycles. The van der Waals surface area contributed by atoms with Gasteiger partial charge in [-0.05, 0) is 17.3 Å². The molecule has 0 fully saturated rings. The van der Waals surface area contributed by atoms with Crippen molar-refractivity contribution in [3.8, 4) is 6.07 Å². The second kappa shape index (κ2) is 6.65. The predicted octanol–water partition coefficient (Wildman–Crippen LogP) is 2.15. The SMILES string of the molecule is N#CC(=NOS(=O)(=O)c1ccccc1)C(=O)c1ccccc1. The number of hydrogen-bond donors (Lipinski definition) is 0. The number of nitrogens with zero attached hydrogens (tertiary/aromatic N) is 2. The topological polar surface area (TPSA) is 96.6 Å². The van der Waals surface area contributed by atoms with Gasteiger partial charge in [-0.25, -0.2) is 0 Å². The molecule has 0 atom stereocenters. The van der Waals surface area contributed by atoms with Crippen molar-refractivity contribution in [1.82, 2.24) is 0 Å². The van der Waals surface area contributed by atoms with Crippen molar-refractivity contribution < 1.29 is 17.5 Å². The molecule has 0 aromatic heterocycles. The van der Waals surface area contributed by atoms with Gasteiger partial charge in [0.05, 0.1) is 0 Å². The van der Waals surface area contributed by atoms with E-state index in [1.54, 1.807) is 24.3 Å². The summed E-state index contributed by atoms with van der Waals surface area (Å²) in [4.78, 5) is 11.9. The van der Waals surface area contributed by atoms with Gasteiger partial charge in [-0.15, -0.1) is 0 Å². The number of rotatable bonds is 5. The summed E-state index contributed by atoms with van der Waals surface area (Å²) in [5.41, 5.74) is -0.436. The Kier molecular flexibility index (Phi) is 4.66. The highest BCUT2D eigenvalue weighted by atomic mass is 32.2. The third-order valence-electron chi connectivity index (χ3n) is 2.62.